The Labute approximate surface area is 178 Å². The van der Waals surface area contributed by atoms with Crippen molar-refractivity contribution in [2.75, 3.05) is 33.9 Å². The second-order valence-electron chi connectivity index (χ2n) is 7.65. The zero-order valence-electron chi connectivity index (χ0n) is 18.3. The molecule has 0 aromatic heterocycles. The molecule has 8 heteroatoms. The molecule has 166 valence electrons. The first kappa shape index (κ1) is 23.7. The molecule has 30 heavy (non-hydrogen) atoms. The molecule has 1 heterocycles. The van der Waals surface area contributed by atoms with Crippen LogP contribution in [-0.2, 0) is 14.3 Å². The third-order valence-corrected chi connectivity index (χ3v) is 5.53. The number of benzene rings is 1. The van der Waals surface area contributed by atoms with Crippen molar-refractivity contribution in [3.63, 3.8) is 0 Å². The molecule has 1 aliphatic heterocycles. The van der Waals surface area contributed by atoms with E-state index in [0.29, 0.717) is 37.2 Å². The van der Waals surface area contributed by atoms with E-state index in [9.17, 15) is 14.4 Å². The van der Waals surface area contributed by atoms with Crippen molar-refractivity contribution in [2.45, 2.75) is 45.2 Å². The van der Waals surface area contributed by atoms with Crippen molar-refractivity contribution in [1.82, 2.24) is 15.5 Å². The third-order valence-electron chi connectivity index (χ3n) is 5.53. The molecule has 1 aromatic rings. The Bertz CT molecular complexity index is 731. The average molecular weight is 420 g/mol. The van der Waals surface area contributed by atoms with E-state index in [4.69, 9.17) is 9.47 Å². The summed E-state index contributed by atoms with van der Waals surface area (Å²) in [5.41, 5.74) is 0.434. The molecule has 1 aliphatic rings. The van der Waals surface area contributed by atoms with Crippen molar-refractivity contribution < 1.29 is 23.9 Å². The fourth-order valence-electron chi connectivity index (χ4n) is 3.52. The highest BCUT2D eigenvalue weighted by molar-refractivity contribution is 5.98. The Balaban J connectivity index is 2.12. The SMILES string of the molecule is CC[C@@H](C)NC(=O)[C@H](NC(=O)c1cccc(OC)c1)C1CCN(C(=O)COC)CC1. The number of nitrogens with zero attached hydrogens (tertiary/aromatic N) is 1. The summed E-state index contributed by atoms with van der Waals surface area (Å²) >= 11 is 0. The summed E-state index contributed by atoms with van der Waals surface area (Å²) in [6.07, 6.45) is 2.06. The van der Waals surface area contributed by atoms with Crippen LogP contribution < -0.4 is 15.4 Å². The van der Waals surface area contributed by atoms with Crippen LogP contribution in [0.3, 0.4) is 0 Å². The molecule has 1 fully saturated rings. The lowest BCUT2D eigenvalue weighted by Gasteiger charge is -2.36. The molecular formula is C22H33N3O5. The van der Waals surface area contributed by atoms with E-state index in [1.165, 1.54) is 14.2 Å². The normalized spacial score (nSPS) is 16.5. The van der Waals surface area contributed by atoms with Gasteiger partial charge in [-0.05, 0) is 50.3 Å². The van der Waals surface area contributed by atoms with Crippen molar-refractivity contribution in [2.24, 2.45) is 5.92 Å². The first-order chi connectivity index (χ1) is 14.4. The van der Waals surface area contributed by atoms with Gasteiger partial charge in [-0.25, -0.2) is 0 Å². The third kappa shape index (κ3) is 6.45. The summed E-state index contributed by atoms with van der Waals surface area (Å²) in [5.74, 6) is -0.0567. The summed E-state index contributed by atoms with van der Waals surface area (Å²) in [7, 11) is 3.03. The number of ether oxygens (including phenoxy) is 2. The minimum absolute atomic E-state index is 0.0112. The second kappa shape index (κ2) is 11.5. The van der Waals surface area contributed by atoms with Gasteiger partial charge >= 0.3 is 0 Å². The van der Waals surface area contributed by atoms with Gasteiger partial charge in [-0.2, -0.15) is 0 Å². The van der Waals surface area contributed by atoms with Gasteiger partial charge in [0, 0.05) is 31.8 Å². The summed E-state index contributed by atoms with van der Waals surface area (Å²) in [6, 6.07) is 6.17. The van der Waals surface area contributed by atoms with Crippen molar-refractivity contribution in [3.8, 4) is 5.75 Å². The maximum atomic E-state index is 13.0. The maximum absolute atomic E-state index is 13.0. The van der Waals surface area contributed by atoms with Gasteiger partial charge in [-0.3, -0.25) is 14.4 Å². The largest absolute Gasteiger partial charge is 0.497 e. The smallest absolute Gasteiger partial charge is 0.252 e. The second-order valence-corrected chi connectivity index (χ2v) is 7.65. The average Bonchev–Trinajstić information content (AvgIpc) is 2.77. The van der Waals surface area contributed by atoms with Crippen LogP contribution >= 0.6 is 0 Å². The highest BCUT2D eigenvalue weighted by atomic mass is 16.5. The van der Waals surface area contributed by atoms with Crippen molar-refractivity contribution in [1.29, 1.82) is 0 Å². The van der Waals surface area contributed by atoms with Crippen LogP contribution in [0.5, 0.6) is 5.75 Å². The number of carbonyl (C=O) groups excluding carboxylic acids is 3. The van der Waals surface area contributed by atoms with Crippen LogP contribution in [-0.4, -0.2) is 68.6 Å². The van der Waals surface area contributed by atoms with Gasteiger partial charge in [-0.15, -0.1) is 0 Å². The molecular weight excluding hydrogens is 386 g/mol. The molecule has 2 N–H and O–H groups in total. The molecule has 0 unspecified atom stereocenters. The predicted octanol–water partition coefficient (Wildman–Crippen LogP) is 1.59. The van der Waals surface area contributed by atoms with Crippen LogP contribution in [0.4, 0.5) is 0 Å². The number of amides is 3. The Morgan fingerprint density at radius 3 is 2.47 bits per heavy atom. The molecule has 0 spiro atoms. The summed E-state index contributed by atoms with van der Waals surface area (Å²) < 4.78 is 10.1. The van der Waals surface area contributed by atoms with Crippen LogP contribution in [0.15, 0.2) is 24.3 Å². The molecule has 0 bridgehead atoms. The van der Waals surface area contributed by atoms with Gasteiger partial charge in [0.15, 0.2) is 0 Å². The van der Waals surface area contributed by atoms with Crippen molar-refractivity contribution in [3.05, 3.63) is 29.8 Å². The summed E-state index contributed by atoms with van der Waals surface area (Å²) in [6.45, 7) is 5.05. The van der Waals surface area contributed by atoms with Crippen LogP contribution in [0.1, 0.15) is 43.5 Å². The van der Waals surface area contributed by atoms with E-state index in [2.05, 4.69) is 10.6 Å². The van der Waals surface area contributed by atoms with Gasteiger partial charge in [-0.1, -0.05) is 13.0 Å². The number of likely N-dealkylation sites (tertiary alicyclic amines) is 1. The van der Waals surface area contributed by atoms with E-state index in [1.54, 1.807) is 29.2 Å². The topological polar surface area (TPSA) is 97.0 Å². The lowest BCUT2D eigenvalue weighted by atomic mass is 9.88. The zero-order chi connectivity index (χ0) is 22.1. The predicted molar refractivity (Wildman–Crippen MR) is 113 cm³/mol. The first-order valence-electron chi connectivity index (χ1n) is 10.4. The molecule has 8 nitrogen and oxygen atoms in total. The van der Waals surface area contributed by atoms with Crippen LogP contribution in [0, 0.1) is 5.92 Å². The number of hydrogen-bond acceptors (Lipinski definition) is 5. The van der Waals surface area contributed by atoms with E-state index in [0.717, 1.165) is 6.42 Å². The molecule has 1 aromatic carbocycles. The maximum Gasteiger partial charge on any atom is 0.252 e. The molecule has 3 amide bonds. The molecule has 0 aliphatic carbocycles. The quantitative estimate of drug-likeness (QED) is 0.634. The monoisotopic (exact) mass is 419 g/mol. The molecule has 0 saturated carbocycles. The highest BCUT2D eigenvalue weighted by Crippen LogP contribution is 2.22. The van der Waals surface area contributed by atoms with Gasteiger partial charge in [0.05, 0.1) is 7.11 Å². The van der Waals surface area contributed by atoms with Gasteiger partial charge in [0.25, 0.3) is 5.91 Å². The van der Waals surface area contributed by atoms with Gasteiger partial charge in [0.2, 0.25) is 11.8 Å². The lowest BCUT2D eigenvalue weighted by molar-refractivity contribution is -0.136. The Morgan fingerprint density at radius 2 is 1.87 bits per heavy atom. The lowest BCUT2D eigenvalue weighted by Crippen LogP contribution is -2.55. The number of methoxy groups -OCH3 is 2. The fraction of sp³-hybridized carbons (Fsp3) is 0.591. The zero-order valence-corrected chi connectivity index (χ0v) is 18.3. The Kier molecular flexibility index (Phi) is 9.11. The number of hydrogen-bond donors (Lipinski definition) is 2. The minimum Gasteiger partial charge on any atom is -0.497 e. The van der Waals surface area contributed by atoms with E-state index < -0.39 is 6.04 Å². The van der Waals surface area contributed by atoms with Crippen LogP contribution in [0.25, 0.3) is 0 Å². The molecule has 2 atom stereocenters. The summed E-state index contributed by atoms with van der Waals surface area (Å²) in [5, 5.41) is 5.90. The Morgan fingerprint density at radius 1 is 1.17 bits per heavy atom. The summed E-state index contributed by atoms with van der Waals surface area (Å²) in [4.78, 5) is 39.6. The minimum atomic E-state index is -0.669. The fourth-order valence-corrected chi connectivity index (χ4v) is 3.52. The van der Waals surface area contributed by atoms with Crippen molar-refractivity contribution >= 4 is 17.7 Å². The first-order valence-corrected chi connectivity index (χ1v) is 10.4. The molecule has 0 radical (unpaired) electrons. The Hall–Kier alpha value is -2.61. The molecule has 2 rings (SSSR count). The standard InChI is InChI=1S/C22H33N3O5/c1-5-15(2)23-22(28)20(16-9-11-25(12-10-16)19(26)14-29-3)24-21(27)17-7-6-8-18(13-17)30-4/h6-8,13,15-16,20H,5,9-12,14H2,1-4H3,(H,23,28)(H,24,27)/t15-,20-/m1/s1. The van der Waals surface area contributed by atoms with Gasteiger partial charge in [0.1, 0.15) is 18.4 Å². The number of nitrogens with one attached hydrogen (secondary N) is 2. The van der Waals surface area contributed by atoms with E-state index >= 15 is 0 Å². The number of carbonyl (C=O) groups is 3. The number of rotatable bonds is 9. The van der Waals surface area contributed by atoms with E-state index in [1.807, 2.05) is 13.8 Å². The van der Waals surface area contributed by atoms with Crippen LogP contribution in [0.2, 0.25) is 0 Å². The van der Waals surface area contributed by atoms with E-state index in [-0.39, 0.29) is 36.3 Å². The number of piperidine rings is 1. The van der Waals surface area contributed by atoms with Gasteiger partial charge < -0.3 is 25.0 Å². The highest BCUT2D eigenvalue weighted by Gasteiger charge is 2.34. The molecule has 1 saturated heterocycles.